The van der Waals surface area contributed by atoms with Crippen molar-refractivity contribution in [3.05, 3.63) is 59.1 Å². The number of piperidine rings is 1. The van der Waals surface area contributed by atoms with Crippen molar-refractivity contribution in [3.63, 3.8) is 0 Å². The number of benzene rings is 2. The van der Waals surface area contributed by atoms with Gasteiger partial charge in [0.1, 0.15) is 0 Å². The second-order valence-corrected chi connectivity index (χ2v) is 8.44. The van der Waals surface area contributed by atoms with Crippen LogP contribution in [0.5, 0.6) is 5.88 Å². The first-order chi connectivity index (χ1) is 14.2. The van der Waals surface area contributed by atoms with Gasteiger partial charge in [-0.2, -0.15) is 0 Å². The van der Waals surface area contributed by atoms with E-state index in [4.69, 9.17) is 21.4 Å². The summed E-state index contributed by atoms with van der Waals surface area (Å²) in [5.41, 5.74) is 2.27. The van der Waals surface area contributed by atoms with Crippen molar-refractivity contribution < 1.29 is 4.74 Å². The molecule has 1 aliphatic rings. The highest BCUT2D eigenvalue weighted by Gasteiger charge is 2.17. The van der Waals surface area contributed by atoms with E-state index in [0.717, 1.165) is 40.7 Å². The van der Waals surface area contributed by atoms with Crippen molar-refractivity contribution >= 4 is 22.5 Å². The molecule has 1 saturated heterocycles. The van der Waals surface area contributed by atoms with Crippen molar-refractivity contribution in [2.75, 3.05) is 26.2 Å². The maximum Gasteiger partial charge on any atom is 0.240 e. The second-order valence-electron chi connectivity index (χ2n) is 8.00. The Bertz CT molecular complexity index is 914. The molecule has 154 valence electrons. The molecule has 0 atom stereocenters. The monoisotopic (exact) mass is 411 g/mol. The number of likely N-dealkylation sites (tertiary alicyclic amines) is 1. The molecule has 1 aliphatic heterocycles. The predicted octanol–water partition coefficient (Wildman–Crippen LogP) is 5.63. The Hall–Kier alpha value is -2.04. The summed E-state index contributed by atoms with van der Waals surface area (Å²) in [6, 6.07) is 16.2. The van der Waals surface area contributed by atoms with Crippen LogP contribution in [0.25, 0.3) is 10.9 Å². The van der Waals surface area contributed by atoms with Crippen LogP contribution in [0.4, 0.5) is 0 Å². The quantitative estimate of drug-likeness (QED) is 0.450. The Kier molecular flexibility index (Phi) is 6.73. The maximum atomic E-state index is 6.11. The van der Waals surface area contributed by atoms with Crippen LogP contribution in [-0.2, 0) is 6.54 Å². The average molecular weight is 412 g/mol. The van der Waals surface area contributed by atoms with E-state index in [2.05, 4.69) is 24.0 Å². The highest BCUT2D eigenvalue weighted by Crippen LogP contribution is 2.26. The molecule has 4 nitrogen and oxygen atoms in total. The number of halogens is 1. The van der Waals surface area contributed by atoms with E-state index in [1.54, 1.807) is 0 Å². The molecule has 0 saturated carbocycles. The van der Waals surface area contributed by atoms with E-state index in [1.165, 1.54) is 37.9 Å². The number of aromatic nitrogens is 2. The lowest BCUT2D eigenvalue weighted by atomic mass is 9.94. The van der Waals surface area contributed by atoms with Gasteiger partial charge >= 0.3 is 0 Å². The Morgan fingerprint density at radius 3 is 2.59 bits per heavy atom. The minimum atomic E-state index is 0.702. The number of nitrogens with zero attached hydrogens (tertiary/aromatic N) is 3. The fraction of sp³-hybridized carbons (Fsp3) is 0.458. The fourth-order valence-electron chi connectivity index (χ4n) is 4.16. The summed E-state index contributed by atoms with van der Waals surface area (Å²) in [6.07, 6.45) is 5.05. The van der Waals surface area contributed by atoms with Gasteiger partial charge in [0.2, 0.25) is 5.88 Å². The zero-order valence-electron chi connectivity index (χ0n) is 17.2. The highest BCUT2D eigenvalue weighted by atomic mass is 35.5. The molecule has 0 amide bonds. The normalized spacial score (nSPS) is 15.8. The lowest BCUT2D eigenvalue weighted by Crippen LogP contribution is -2.34. The van der Waals surface area contributed by atoms with Gasteiger partial charge in [-0.15, -0.1) is 5.10 Å². The molecule has 3 aromatic rings. The maximum absolute atomic E-state index is 6.11. The number of fused-ring (bicyclic) bond motifs is 1. The summed E-state index contributed by atoms with van der Waals surface area (Å²) in [7, 11) is 0. The number of hydrogen-bond donors (Lipinski definition) is 0. The lowest BCUT2D eigenvalue weighted by Gasteiger charge is -2.31. The van der Waals surface area contributed by atoms with Crippen LogP contribution in [0.1, 0.15) is 38.2 Å². The second kappa shape index (κ2) is 9.64. The molecule has 0 radical (unpaired) electrons. The molecule has 0 aliphatic carbocycles. The van der Waals surface area contributed by atoms with E-state index in [-0.39, 0.29) is 0 Å². The van der Waals surface area contributed by atoms with Gasteiger partial charge in [-0.3, -0.25) is 4.68 Å². The lowest BCUT2D eigenvalue weighted by molar-refractivity contribution is 0.168. The van der Waals surface area contributed by atoms with Gasteiger partial charge in [-0.05, 0) is 68.1 Å². The van der Waals surface area contributed by atoms with Gasteiger partial charge in [0, 0.05) is 11.6 Å². The average Bonchev–Trinajstić information content (AvgIpc) is 3.11. The van der Waals surface area contributed by atoms with Crippen molar-refractivity contribution in [2.24, 2.45) is 5.92 Å². The molecule has 2 heterocycles. The molecule has 5 heteroatoms. The van der Waals surface area contributed by atoms with Crippen molar-refractivity contribution in [1.29, 1.82) is 0 Å². The smallest absolute Gasteiger partial charge is 0.240 e. The number of rotatable bonds is 8. The summed E-state index contributed by atoms with van der Waals surface area (Å²) >= 11 is 6.01. The van der Waals surface area contributed by atoms with E-state index >= 15 is 0 Å². The first kappa shape index (κ1) is 20.2. The predicted molar refractivity (Wildman–Crippen MR) is 120 cm³/mol. The molecule has 0 unspecified atom stereocenters. The molecule has 1 fully saturated rings. The molecule has 2 aromatic carbocycles. The summed E-state index contributed by atoms with van der Waals surface area (Å²) in [5.74, 6) is 1.66. The van der Waals surface area contributed by atoms with E-state index in [9.17, 15) is 0 Å². The molecule has 0 bridgehead atoms. The van der Waals surface area contributed by atoms with Gasteiger partial charge in [0.05, 0.1) is 24.1 Å². The summed E-state index contributed by atoms with van der Waals surface area (Å²) in [4.78, 5) is 2.58. The van der Waals surface area contributed by atoms with E-state index in [1.807, 2.05) is 41.1 Å². The molecular formula is C24H30ClN3O. The Morgan fingerprint density at radius 1 is 1.07 bits per heavy atom. The van der Waals surface area contributed by atoms with Crippen molar-refractivity contribution in [2.45, 2.75) is 39.2 Å². The summed E-state index contributed by atoms with van der Waals surface area (Å²) in [6.45, 7) is 7.29. The van der Waals surface area contributed by atoms with Crippen molar-refractivity contribution in [3.8, 4) is 5.88 Å². The number of hydrogen-bond acceptors (Lipinski definition) is 3. The molecule has 0 spiro atoms. The SMILES string of the molecule is CCC1CCN(CCCOc2nn(Cc3ccc(Cl)cc3)c3ccccc23)CC1. The number of ether oxygens (including phenoxy) is 1. The Morgan fingerprint density at radius 2 is 1.83 bits per heavy atom. The minimum Gasteiger partial charge on any atom is -0.476 e. The minimum absolute atomic E-state index is 0.702. The first-order valence-corrected chi connectivity index (χ1v) is 11.2. The molecule has 29 heavy (non-hydrogen) atoms. The zero-order valence-corrected chi connectivity index (χ0v) is 17.9. The van der Waals surface area contributed by atoms with Gasteiger partial charge in [-0.1, -0.05) is 49.2 Å². The van der Waals surface area contributed by atoms with Gasteiger partial charge < -0.3 is 9.64 Å². The van der Waals surface area contributed by atoms with Crippen molar-refractivity contribution in [1.82, 2.24) is 14.7 Å². The van der Waals surface area contributed by atoms with Crippen LogP contribution in [0.15, 0.2) is 48.5 Å². The number of para-hydroxylation sites is 1. The third-order valence-electron chi connectivity index (χ3n) is 6.01. The Balaban J connectivity index is 1.36. The molecule has 4 rings (SSSR count). The van der Waals surface area contributed by atoms with Crippen LogP contribution in [-0.4, -0.2) is 40.9 Å². The van der Waals surface area contributed by atoms with Crippen LogP contribution in [0.3, 0.4) is 0 Å². The summed E-state index contributed by atoms with van der Waals surface area (Å²) < 4.78 is 8.13. The first-order valence-electron chi connectivity index (χ1n) is 10.8. The van der Waals surface area contributed by atoms with Crippen LogP contribution in [0, 0.1) is 5.92 Å². The largest absolute Gasteiger partial charge is 0.476 e. The standard InChI is InChI=1S/C24H30ClN3O/c1-2-19-12-15-27(16-13-19)14-5-17-29-24-22-6-3-4-7-23(22)28(26-24)18-20-8-10-21(25)11-9-20/h3-4,6-11,19H,2,5,12-18H2,1H3. The topological polar surface area (TPSA) is 30.3 Å². The third kappa shape index (κ3) is 5.12. The van der Waals surface area contributed by atoms with Gasteiger partial charge in [0.25, 0.3) is 0 Å². The van der Waals surface area contributed by atoms with Crippen LogP contribution in [0.2, 0.25) is 5.02 Å². The van der Waals surface area contributed by atoms with Crippen LogP contribution >= 0.6 is 11.6 Å². The molecule has 0 N–H and O–H groups in total. The third-order valence-corrected chi connectivity index (χ3v) is 6.26. The molecular weight excluding hydrogens is 382 g/mol. The summed E-state index contributed by atoms with van der Waals surface area (Å²) in [5, 5.41) is 6.59. The fourth-order valence-corrected chi connectivity index (χ4v) is 4.29. The van der Waals surface area contributed by atoms with Gasteiger partial charge in [-0.25, -0.2) is 0 Å². The van der Waals surface area contributed by atoms with Crippen LogP contribution < -0.4 is 4.74 Å². The van der Waals surface area contributed by atoms with Gasteiger partial charge in [0.15, 0.2) is 0 Å². The van der Waals surface area contributed by atoms with E-state index < -0.39 is 0 Å². The van der Waals surface area contributed by atoms with E-state index in [0.29, 0.717) is 13.2 Å². The Labute approximate surface area is 178 Å². The highest BCUT2D eigenvalue weighted by molar-refractivity contribution is 6.30. The molecule has 1 aromatic heterocycles. The zero-order chi connectivity index (χ0) is 20.1.